The average molecular weight is 294 g/mol. The van der Waals surface area contributed by atoms with Crippen LogP contribution < -0.4 is 0 Å². The van der Waals surface area contributed by atoms with Gasteiger partial charge in [0.15, 0.2) is 0 Å². The minimum atomic E-state index is -0.889. The van der Waals surface area contributed by atoms with Crippen LogP contribution in [0, 0.1) is 0 Å². The van der Waals surface area contributed by atoms with E-state index in [1.807, 2.05) is 30.3 Å². The Kier molecular flexibility index (Phi) is 5.20. The van der Waals surface area contributed by atoms with Gasteiger partial charge in [-0.25, -0.2) is 9.59 Å². The molecule has 0 N–H and O–H groups in total. The van der Waals surface area contributed by atoms with E-state index in [9.17, 15) is 9.59 Å². The molecule has 1 rings (SSSR count). The summed E-state index contributed by atoms with van der Waals surface area (Å²) in [5.74, 6) is -0.568. The van der Waals surface area contributed by atoms with Crippen LogP contribution in [0.2, 0.25) is 0 Å². The van der Waals surface area contributed by atoms with Crippen LogP contribution in [-0.4, -0.2) is 42.7 Å². The highest BCUT2D eigenvalue weighted by atomic mass is 16.6. The van der Waals surface area contributed by atoms with Crippen molar-refractivity contribution < 1.29 is 20.4 Å². The molecule has 116 valence electrons. The van der Waals surface area contributed by atoms with E-state index in [1.54, 1.807) is 20.8 Å². The summed E-state index contributed by atoms with van der Waals surface area (Å²) in [7, 11) is 0.874. The SMILES string of the molecule is [2H]CN(C(=O)OC(C)(C)C)[C@@H](Cc1ccccc1)C(=O)OC. The largest absolute Gasteiger partial charge is 0.467 e. The first kappa shape index (κ1) is 15.4. The molecular weight excluding hydrogens is 270 g/mol. The van der Waals surface area contributed by atoms with Gasteiger partial charge in [0.1, 0.15) is 11.6 Å². The van der Waals surface area contributed by atoms with Crippen LogP contribution in [0.5, 0.6) is 0 Å². The van der Waals surface area contributed by atoms with E-state index in [0.717, 1.165) is 10.5 Å². The van der Waals surface area contributed by atoms with E-state index in [-0.39, 0.29) is 13.4 Å². The number of benzene rings is 1. The van der Waals surface area contributed by atoms with Gasteiger partial charge in [-0.15, -0.1) is 0 Å². The molecule has 0 aliphatic carbocycles. The third kappa shape index (κ3) is 5.45. The highest BCUT2D eigenvalue weighted by Crippen LogP contribution is 2.14. The molecule has 0 radical (unpaired) electrons. The summed E-state index contributed by atoms with van der Waals surface area (Å²) >= 11 is 0. The Morgan fingerprint density at radius 1 is 1.29 bits per heavy atom. The van der Waals surface area contributed by atoms with E-state index in [4.69, 9.17) is 10.8 Å². The first-order chi connectivity index (χ1) is 10.3. The fourth-order valence-corrected chi connectivity index (χ4v) is 1.74. The minimum absolute atomic E-state index is 0.269. The summed E-state index contributed by atoms with van der Waals surface area (Å²) < 4.78 is 17.6. The topological polar surface area (TPSA) is 55.8 Å². The Labute approximate surface area is 127 Å². The second kappa shape index (κ2) is 7.11. The van der Waals surface area contributed by atoms with E-state index < -0.39 is 23.7 Å². The Bertz CT molecular complexity index is 499. The second-order valence-electron chi connectivity index (χ2n) is 5.68. The zero-order valence-electron chi connectivity index (χ0n) is 14.0. The smallest absolute Gasteiger partial charge is 0.410 e. The molecule has 1 aromatic carbocycles. The first-order valence-corrected chi connectivity index (χ1v) is 6.69. The highest BCUT2D eigenvalue weighted by Gasteiger charge is 2.31. The van der Waals surface area contributed by atoms with Crippen molar-refractivity contribution in [2.24, 2.45) is 0 Å². The summed E-state index contributed by atoms with van der Waals surface area (Å²) in [6.45, 7) is 5.20. The molecule has 5 heteroatoms. The Morgan fingerprint density at radius 2 is 1.90 bits per heavy atom. The minimum Gasteiger partial charge on any atom is -0.467 e. The molecule has 1 aromatic rings. The van der Waals surface area contributed by atoms with Gasteiger partial charge in [0.05, 0.1) is 7.11 Å². The lowest BCUT2D eigenvalue weighted by Gasteiger charge is -2.29. The van der Waals surface area contributed by atoms with Crippen molar-refractivity contribution >= 4 is 12.1 Å². The maximum Gasteiger partial charge on any atom is 0.410 e. The van der Waals surface area contributed by atoms with Crippen LogP contribution in [0.25, 0.3) is 0 Å². The summed E-state index contributed by atoms with van der Waals surface area (Å²) in [6, 6.07) is 8.39. The number of methoxy groups -OCH3 is 1. The van der Waals surface area contributed by atoms with E-state index in [0.29, 0.717) is 0 Å². The van der Waals surface area contributed by atoms with Crippen molar-refractivity contribution in [3.8, 4) is 0 Å². The summed E-state index contributed by atoms with van der Waals surface area (Å²) in [5, 5.41) is 0. The van der Waals surface area contributed by atoms with Crippen LogP contribution in [0.3, 0.4) is 0 Å². The quantitative estimate of drug-likeness (QED) is 0.801. The maximum absolute atomic E-state index is 12.2. The molecule has 0 bridgehead atoms. The molecule has 0 aliphatic rings. The number of esters is 1. The monoisotopic (exact) mass is 294 g/mol. The van der Waals surface area contributed by atoms with Gasteiger partial charge in [0.25, 0.3) is 0 Å². The van der Waals surface area contributed by atoms with Crippen molar-refractivity contribution in [2.75, 3.05) is 14.1 Å². The van der Waals surface area contributed by atoms with Gasteiger partial charge in [-0.2, -0.15) is 0 Å². The molecular formula is C16H23NO4. The standard InChI is InChI=1S/C16H23NO4/c1-16(2,3)21-15(19)17(4)13(14(18)20-5)11-12-9-7-6-8-10-12/h6-10,13H,11H2,1-5H3/t13-/m0/s1/i4D. The molecule has 0 aliphatic heterocycles. The number of nitrogens with zero attached hydrogens (tertiary/aromatic N) is 1. The van der Waals surface area contributed by atoms with Crippen LogP contribution in [0.15, 0.2) is 30.3 Å². The molecule has 0 heterocycles. The van der Waals surface area contributed by atoms with Gasteiger partial charge in [-0.05, 0) is 26.3 Å². The lowest BCUT2D eigenvalue weighted by atomic mass is 10.1. The van der Waals surface area contributed by atoms with Crippen molar-refractivity contribution in [1.82, 2.24) is 4.90 Å². The van der Waals surface area contributed by atoms with E-state index >= 15 is 0 Å². The molecule has 5 nitrogen and oxygen atoms in total. The molecule has 21 heavy (non-hydrogen) atoms. The van der Waals surface area contributed by atoms with Gasteiger partial charge in [-0.1, -0.05) is 30.3 Å². The zero-order valence-corrected chi connectivity index (χ0v) is 13.0. The first-order valence-electron chi connectivity index (χ1n) is 7.40. The third-order valence-electron chi connectivity index (χ3n) is 2.75. The number of hydrogen-bond acceptors (Lipinski definition) is 4. The van der Waals surface area contributed by atoms with Crippen LogP contribution in [-0.2, 0) is 20.7 Å². The van der Waals surface area contributed by atoms with Gasteiger partial charge in [0.2, 0.25) is 0 Å². The predicted molar refractivity (Wildman–Crippen MR) is 79.9 cm³/mol. The number of ether oxygens (including phenoxy) is 2. The molecule has 1 atom stereocenters. The number of hydrogen-bond donors (Lipinski definition) is 0. The van der Waals surface area contributed by atoms with E-state index in [2.05, 4.69) is 0 Å². The fraction of sp³-hybridized carbons (Fsp3) is 0.500. The van der Waals surface area contributed by atoms with Crippen LogP contribution in [0.4, 0.5) is 4.79 Å². The molecule has 0 fully saturated rings. The summed E-state index contributed by atoms with van der Waals surface area (Å²) in [4.78, 5) is 25.3. The Morgan fingerprint density at radius 3 is 2.38 bits per heavy atom. The Hall–Kier alpha value is -2.04. The van der Waals surface area contributed by atoms with Crippen molar-refractivity contribution in [3.63, 3.8) is 0 Å². The highest BCUT2D eigenvalue weighted by molar-refractivity contribution is 5.81. The normalized spacial score (nSPS) is 13.0. The van der Waals surface area contributed by atoms with Gasteiger partial charge in [0, 0.05) is 14.8 Å². The van der Waals surface area contributed by atoms with Crippen LogP contribution >= 0.6 is 0 Å². The zero-order chi connectivity index (χ0) is 16.8. The molecule has 0 unspecified atom stereocenters. The lowest BCUT2D eigenvalue weighted by Crippen LogP contribution is -2.46. The van der Waals surface area contributed by atoms with Crippen molar-refractivity contribution in [1.29, 1.82) is 0 Å². The molecule has 0 spiro atoms. The average Bonchev–Trinajstić information content (AvgIpc) is 2.45. The van der Waals surface area contributed by atoms with Gasteiger partial charge < -0.3 is 9.47 Å². The van der Waals surface area contributed by atoms with Gasteiger partial charge >= 0.3 is 12.1 Å². The second-order valence-corrected chi connectivity index (χ2v) is 5.68. The molecule has 0 saturated carbocycles. The maximum atomic E-state index is 12.2. The lowest BCUT2D eigenvalue weighted by molar-refractivity contribution is -0.146. The molecule has 1 amide bonds. The van der Waals surface area contributed by atoms with Crippen LogP contribution in [0.1, 0.15) is 27.7 Å². The fourth-order valence-electron chi connectivity index (χ4n) is 1.74. The number of carbonyl (C=O) groups is 2. The number of carbonyl (C=O) groups excluding carboxylic acids is 2. The molecule has 0 aromatic heterocycles. The molecule has 0 saturated heterocycles. The number of rotatable bonds is 4. The summed E-state index contributed by atoms with van der Waals surface area (Å²) in [6.07, 6.45) is -0.431. The van der Waals surface area contributed by atoms with Crippen molar-refractivity contribution in [2.45, 2.75) is 38.8 Å². The van der Waals surface area contributed by atoms with Gasteiger partial charge in [-0.3, -0.25) is 4.90 Å². The van der Waals surface area contributed by atoms with Crippen molar-refractivity contribution in [3.05, 3.63) is 35.9 Å². The predicted octanol–water partition coefficient (Wildman–Crippen LogP) is 2.64. The third-order valence-corrected chi connectivity index (χ3v) is 2.75. The Balaban J connectivity index is 2.97. The van der Waals surface area contributed by atoms with E-state index in [1.165, 1.54) is 7.11 Å². The number of likely N-dealkylation sites (N-methyl/N-ethyl adjacent to an activating group) is 1. The summed E-state index contributed by atoms with van der Waals surface area (Å²) in [5.41, 5.74) is 0.178. The number of amides is 1.